The Morgan fingerprint density at radius 1 is 0.948 bits per heavy atom. The van der Waals surface area contributed by atoms with Crippen LogP contribution in [0.15, 0.2) is 66.9 Å². The number of anilines is 5. The average molecular weight is 829 g/mol. The largest absolute Gasteiger partial charge is 0.494 e. The predicted octanol–water partition coefficient (Wildman–Crippen LogP) is 4.83. The number of ether oxygens (including phenoxy) is 2. The van der Waals surface area contributed by atoms with Crippen molar-refractivity contribution < 1.29 is 38.0 Å². The van der Waals surface area contributed by atoms with Gasteiger partial charge in [0.05, 0.1) is 48.8 Å². The topological polar surface area (TPSA) is 201 Å². The Labute approximate surface area is 339 Å². The van der Waals surface area contributed by atoms with Gasteiger partial charge >= 0.3 is 0 Å². The second-order valence-electron chi connectivity index (χ2n) is 14.4. The molecular formula is C40H42ClN8O8P. The van der Waals surface area contributed by atoms with E-state index >= 15 is 0 Å². The highest BCUT2D eigenvalue weighted by atomic mass is 35.5. The van der Waals surface area contributed by atoms with E-state index in [1.54, 1.807) is 32.6 Å². The number of hydrogen-bond acceptors (Lipinski definition) is 13. The number of nitrogens with one attached hydrogen (secondary N) is 4. The molecule has 1 aromatic heterocycles. The fourth-order valence-electron chi connectivity index (χ4n) is 7.23. The summed E-state index contributed by atoms with van der Waals surface area (Å²) >= 11 is 6.44. The van der Waals surface area contributed by atoms with Gasteiger partial charge in [0.15, 0.2) is 5.82 Å². The Morgan fingerprint density at radius 3 is 2.47 bits per heavy atom. The summed E-state index contributed by atoms with van der Waals surface area (Å²) in [6.07, 6.45) is 2.98. The van der Waals surface area contributed by atoms with Crippen LogP contribution in [-0.2, 0) is 18.9 Å². The number of hydrogen-bond donors (Lipinski definition) is 4. The molecule has 7 rings (SSSR count). The number of carbonyl (C=O) groups is 5. The summed E-state index contributed by atoms with van der Waals surface area (Å²) in [6.45, 7) is 4.75. The van der Waals surface area contributed by atoms with Crippen molar-refractivity contribution in [2.45, 2.75) is 44.2 Å². The van der Waals surface area contributed by atoms with E-state index in [1.807, 2.05) is 42.5 Å². The van der Waals surface area contributed by atoms with Crippen molar-refractivity contribution >= 4 is 82.4 Å². The van der Waals surface area contributed by atoms with Crippen LogP contribution in [-0.4, -0.2) is 96.6 Å². The Balaban J connectivity index is 0.905. The summed E-state index contributed by atoms with van der Waals surface area (Å²) in [5.74, 6) is -1.30. The van der Waals surface area contributed by atoms with Crippen molar-refractivity contribution in [1.29, 1.82) is 0 Å². The highest BCUT2D eigenvalue weighted by molar-refractivity contribution is 7.70. The number of halogens is 1. The number of piperidine rings is 2. The zero-order valence-corrected chi connectivity index (χ0v) is 33.7. The van der Waals surface area contributed by atoms with Gasteiger partial charge < -0.3 is 34.9 Å². The van der Waals surface area contributed by atoms with Crippen molar-refractivity contribution in [1.82, 2.24) is 25.5 Å². The van der Waals surface area contributed by atoms with Gasteiger partial charge in [-0.2, -0.15) is 4.98 Å². The lowest BCUT2D eigenvalue weighted by Crippen LogP contribution is -2.54. The van der Waals surface area contributed by atoms with Crippen LogP contribution >= 0.6 is 18.7 Å². The molecule has 4 heterocycles. The third-order valence-corrected chi connectivity index (χ3v) is 12.0. The van der Waals surface area contributed by atoms with E-state index in [2.05, 4.69) is 36.1 Å². The number of para-hydroxylation sites is 1. The number of amides is 5. The van der Waals surface area contributed by atoms with E-state index < -0.39 is 36.8 Å². The zero-order chi connectivity index (χ0) is 41.1. The number of nitrogens with zero attached hydrogens (tertiary/aromatic N) is 4. The highest BCUT2D eigenvalue weighted by Gasteiger charge is 2.46. The average Bonchev–Trinajstić information content (AvgIpc) is 3.45. The van der Waals surface area contributed by atoms with E-state index in [0.29, 0.717) is 59.2 Å². The molecule has 4 aromatic rings. The first kappa shape index (κ1) is 40.2. The summed E-state index contributed by atoms with van der Waals surface area (Å²) in [4.78, 5) is 75.4. The van der Waals surface area contributed by atoms with Crippen molar-refractivity contribution in [2.24, 2.45) is 0 Å². The SMILES string of the molecule is COc1cc(N2CCC(NC(=O)CCOc3cccc4c3C(=O)N(C3CCC(=O)NC3=O)C4=O)CC2)ccc1Nc1ncc(Cl)c(Nc2ccccc2P(C)(C)=O)n1. The first-order valence-corrected chi connectivity index (χ1v) is 21.7. The van der Waals surface area contributed by atoms with Crippen LogP contribution in [0.2, 0.25) is 5.02 Å². The smallest absolute Gasteiger partial charge is 0.266 e. The molecule has 3 aromatic carbocycles. The van der Waals surface area contributed by atoms with Crippen molar-refractivity contribution in [3.63, 3.8) is 0 Å². The minimum atomic E-state index is -2.58. The first-order valence-electron chi connectivity index (χ1n) is 18.7. The van der Waals surface area contributed by atoms with Crippen LogP contribution in [0.25, 0.3) is 0 Å². The molecule has 0 radical (unpaired) electrons. The molecule has 2 fully saturated rings. The lowest BCUT2D eigenvalue weighted by Gasteiger charge is -2.34. The van der Waals surface area contributed by atoms with Gasteiger partial charge in [-0.15, -0.1) is 0 Å². The van der Waals surface area contributed by atoms with Gasteiger partial charge in [-0.05, 0) is 69.0 Å². The number of fused-ring (bicyclic) bond motifs is 1. The lowest BCUT2D eigenvalue weighted by atomic mass is 10.0. The number of rotatable bonds is 13. The number of carbonyl (C=O) groups excluding carboxylic acids is 5. The van der Waals surface area contributed by atoms with Crippen LogP contribution in [0.1, 0.15) is 52.8 Å². The standard InChI is InChI=1S/C40H42ClN8O8P/c1-56-31-21-24(11-12-27(31)45-40-42-22-26(41)36(47-40)44-28-8-4-5-10-32(28)58(2,3)55)48-18-15-23(16-19-48)43-34(51)17-20-57-30-9-6-7-25-35(30)39(54)49(38(25)53)29-13-14-33(50)46-37(29)52/h4-12,21-23,29H,13-20H2,1-3H3,(H,43,51)(H,46,50,52)(H2,42,44,45,47). The molecule has 1 unspecified atom stereocenters. The van der Waals surface area contributed by atoms with E-state index in [4.69, 9.17) is 21.1 Å². The maximum Gasteiger partial charge on any atom is 0.266 e. The molecule has 5 amide bonds. The third-order valence-electron chi connectivity index (χ3n) is 10.2. The summed E-state index contributed by atoms with van der Waals surface area (Å²) in [6, 6.07) is 16.6. The molecule has 0 spiro atoms. The summed E-state index contributed by atoms with van der Waals surface area (Å²) in [5.41, 5.74) is 2.37. The van der Waals surface area contributed by atoms with Gasteiger partial charge in [-0.1, -0.05) is 29.8 Å². The molecule has 58 heavy (non-hydrogen) atoms. The highest BCUT2D eigenvalue weighted by Crippen LogP contribution is 2.39. The first-order chi connectivity index (χ1) is 27.8. The van der Waals surface area contributed by atoms with E-state index in [9.17, 15) is 28.5 Å². The van der Waals surface area contributed by atoms with E-state index in [0.717, 1.165) is 10.6 Å². The Morgan fingerprint density at radius 2 is 1.72 bits per heavy atom. The fourth-order valence-corrected chi connectivity index (χ4v) is 8.53. The van der Waals surface area contributed by atoms with Crippen LogP contribution in [0.4, 0.5) is 28.8 Å². The van der Waals surface area contributed by atoms with Crippen molar-refractivity contribution in [3.8, 4) is 11.5 Å². The minimum Gasteiger partial charge on any atom is -0.494 e. The Kier molecular flexibility index (Phi) is 11.7. The monoisotopic (exact) mass is 828 g/mol. The number of imide groups is 2. The van der Waals surface area contributed by atoms with Gasteiger partial charge in [0, 0.05) is 42.6 Å². The molecule has 0 bridgehead atoms. The molecule has 0 saturated carbocycles. The van der Waals surface area contributed by atoms with Gasteiger partial charge in [0.1, 0.15) is 29.7 Å². The summed E-state index contributed by atoms with van der Waals surface area (Å²) in [5, 5.41) is 12.6. The summed E-state index contributed by atoms with van der Waals surface area (Å²) in [7, 11) is -1.00. The molecule has 16 nitrogen and oxygen atoms in total. The Bertz CT molecular complexity index is 2350. The lowest BCUT2D eigenvalue weighted by molar-refractivity contribution is -0.136. The van der Waals surface area contributed by atoms with Crippen LogP contribution < -0.4 is 40.9 Å². The maximum absolute atomic E-state index is 13.3. The second kappa shape index (κ2) is 16.9. The Hall–Kier alpha value is -5.99. The fraction of sp³-hybridized carbons (Fsp3) is 0.325. The molecule has 4 N–H and O–H groups in total. The van der Waals surface area contributed by atoms with E-state index in [-0.39, 0.29) is 60.6 Å². The molecule has 2 saturated heterocycles. The molecule has 302 valence electrons. The van der Waals surface area contributed by atoms with E-state index in [1.165, 1.54) is 12.3 Å². The molecule has 1 atom stereocenters. The summed E-state index contributed by atoms with van der Waals surface area (Å²) < 4.78 is 24.4. The van der Waals surface area contributed by atoms with Crippen molar-refractivity contribution in [2.75, 3.05) is 55.7 Å². The second-order valence-corrected chi connectivity index (χ2v) is 18.0. The molecule has 3 aliphatic rings. The van der Waals surface area contributed by atoms with Gasteiger partial charge in [0.2, 0.25) is 23.7 Å². The molecule has 3 aliphatic heterocycles. The van der Waals surface area contributed by atoms with Crippen LogP contribution in [0.3, 0.4) is 0 Å². The number of aromatic nitrogens is 2. The number of benzene rings is 3. The zero-order valence-electron chi connectivity index (χ0n) is 32.0. The minimum absolute atomic E-state index is 0.0197. The van der Waals surface area contributed by atoms with Gasteiger partial charge in [-0.25, -0.2) is 4.98 Å². The quantitative estimate of drug-likeness (QED) is 0.106. The third kappa shape index (κ3) is 8.63. The molecular weight excluding hydrogens is 787 g/mol. The molecule has 18 heteroatoms. The molecule has 0 aliphatic carbocycles. The normalized spacial score (nSPS) is 17.1. The maximum atomic E-state index is 13.3. The van der Waals surface area contributed by atoms with Crippen LogP contribution in [0.5, 0.6) is 11.5 Å². The van der Waals surface area contributed by atoms with Crippen molar-refractivity contribution in [3.05, 3.63) is 83.0 Å². The number of methoxy groups -OCH3 is 1. The van der Waals surface area contributed by atoms with Crippen LogP contribution in [0, 0.1) is 0 Å². The van der Waals surface area contributed by atoms with Gasteiger partial charge in [0.25, 0.3) is 11.8 Å². The van der Waals surface area contributed by atoms with Gasteiger partial charge in [-0.3, -0.25) is 34.2 Å². The predicted molar refractivity (Wildman–Crippen MR) is 219 cm³/mol.